The van der Waals surface area contributed by atoms with Gasteiger partial charge in [0, 0.05) is 41.7 Å². The molecule has 0 bridgehead atoms. The molecular weight excluding hydrogens is 425 g/mol. The zero-order chi connectivity index (χ0) is 23.2. The van der Waals surface area contributed by atoms with Crippen molar-refractivity contribution >= 4 is 37.2 Å². The molecule has 1 N–H and O–H groups in total. The van der Waals surface area contributed by atoms with Gasteiger partial charge in [0.25, 0.3) is 7.37 Å². The molecule has 0 spiro atoms. The molecule has 30 heavy (non-hydrogen) atoms. The number of carbonyl (C=O) groups excluding carboxylic acids is 5. The summed E-state index contributed by atoms with van der Waals surface area (Å²) in [5.41, 5.74) is -1.35. The fourth-order valence-electron chi connectivity index (χ4n) is 3.22. The van der Waals surface area contributed by atoms with Crippen molar-refractivity contribution in [2.45, 2.75) is 64.4 Å². The molecule has 1 saturated heterocycles. The van der Waals surface area contributed by atoms with E-state index in [-0.39, 0.29) is 0 Å². The van der Waals surface area contributed by atoms with Crippen LogP contribution in [-0.4, -0.2) is 73.3 Å². The molecule has 6 atom stereocenters. The number of hydrogen-bond donors (Lipinski definition) is 1. The van der Waals surface area contributed by atoms with Crippen LogP contribution in [0.4, 0.5) is 0 Å². The van der Waals surface area contributed by atoms with Gasteiger partial charge in [0.15, 0.2) is 12.2 Å². The summed E-state index contributed by atoms with van der Waals surface area (Å²) < 4.78 is 39.8. The lowest BCUT2D eigenvalue weighted by Crippen LogP contribution is -2.65. The molecule has 1 aliphatic rings. The van der Waals surface area contributed by atoms with Gasteiger partial charge in [0.05, 0.1) is 0 Å². The van der Waals surface area contributed by atoms with Crippen LogP contribution in [0.5, 0.6) is 0 Å². The molecule has 1 amide bonds. The van der Waals surface area contributed by atoms with Crippen molar-refractivity contribution in [1.82, 2.24) is 5.32 Å². The molecule has 0 aliphatic carbocycles. The molecular formula is C17H26NO11P. The third kappa shape index (κ3) is 6.27. The summed E-state index contributed by atoms with van der Waals surface area (Å²) in [6.07, 6.45) is -2.86. The maximum atomic E-state index is 13.9. The average Bonchev–Trinajstić information content (AvgIpc) is 2.59. The number of amides is 1. The first-order chi connectivity index (χ1) is 13.8. The number of carbonyl (C=O) groups is 5. The first-order valence-corrected chi connectivity index (χ1v) is 10.7. The van der Waals surface area contributed by atoms with Crippen molar-refractivity contribution in [1.29, 1.82) is 0 Å². The van der Waals surface area contributed by atoms with Gasteiger partial charge < -0.3 is 28.8 Å². The monoisotopic (exact) mass is 451 g/mol. The first kappa shape index (κ1) is 25.6. The normalized spacial score (nSPS) is 30.5. The zero-order valence-corrected chi connectivity index (χ0v) is 18.4. The van der Waals surface area contributed by atoms with Gasteiger partial charge in [-0.3, -0.25) is 28.5 Å². The smallest absolute Gasteiger partial charge is 0.303 e. The first-order valence-electron chi connectivity index (χ1n) is 8.90. The lowest BCUT2D eigenvalue weighted by Gasteiger charge is -2.47. The van der Waals surface area contributed by atoms with Gasteiger partial charge in [-0.25, -0.2) is 0 Å². The molecule has 0 aromatic heterocycles. The Bertz CT molecular complexity index is 752. The van der Waals surface area contributed by atoms with E-state index in [0.29, 0.717) is 0 Å². The Morgan fingerprint density at radius 3 is 1.70 bits per heavy atom. The SMILES string of the molecule is COP1(=O)[C@H](OC(C)=O)[C@H](NC(C)=O)[C@@H](OC(C)=O)[C@H](OC(C)=O)[C@@H]1COC(C)=O. The fourth-order valence-corrected chi connectivity index (χ4v) is 5.98. The van der Waals surface area contributed by atoms with Gasteiger partial charge in [-0.1, -0.05) is 0 Å². The Kier molecular flexibility index (Phi) is 8.98. The van der Waals surface area contributed by atoms with Gasteiger partial charge >= 0.3 is 23.9 Å². The predicted molar refractivity (Wildman–Crippen MR) is 99.3 cm³/mol. The van der Waals surface area contributed by atoms with E-state index >= 15 is 0 Å². The molecule has 0 radical (unpaired) electrons. The van der Waals surface area contributed by atoms with E-state index in [1.54, 1.807) is 0 Å². The number of hydrogen-bond acceptors (Lipinski definition) is 11. The van der Waals surface area contributed by atoms with Crippen LogP contribution in [0.3, 0.4) is 0 Å². The predicted octanol–water partition coefficient (Wildman–Crippen LogP) is 0.114. The molecule has 13 heteroatoms. The summed E-state index contributed by atoms with van der Waals surface area (Å²) in [6, 6.07) is -1.38. The lowest BCUT2D eigenvalue weighted by molar-refractivity contribution is -0.177. The van der Waals surface area contributed by atoms with E-state index in [1.807, 2.05) is 0 Å². The van der Waals surface area contributed by atoms with E-state index in [9.17, 15) is 28.5 Å². The molecule has 1 heterocycles. The van der Waals surface area contributed by atoms with Crippen molar-refractivity contribution in [3.63, 3.8) is 0 Å². The summed E-state index contributed by atoms with van der Waals surface area (Å²) in [7, 11) is -3.06. The topological polar surface area (TPSA) is 161 Å². The molecule has 0 saturated carbocycles. The Balaban J connectivity index is 3.69. The van der Waals surface area contributed by atoms with Gasteiger partial charge in [0.2, 0.25) is 11.8 Å². The molecule has 0 aromatic carbocycles. The minimum Gasteiger partial charge on any atom is -0.465 e. The largest absolute Gasteiger partial charge is 0.465 e. The highest BCUT2D eigenvalue weighted by molar-refractivity contribution is 7.60. The average molecular weight is 451 g/mol. The van der Waals surface area contributed by atoms with Gasteiger partial charge in [-0.05, 0) is 0 Å². The van der Waals surface area contributed by atoms with Crippen molar-refractivity contribution in [2.75, 3.05) is 13.7 Å². The highest BCUT2D eigenvalue weighted by Crippen LogP contribution is 2.62. The standard InChI is InChI=1S/C17H26NO11P/c1-8(19)18-14-16(28-11(4)22)15(27-10(3)21)13(7-26-9(2)20)30(24,25-6)17(14)29-12(5)23/h13-17H,7H2,1-6H3,(H,18,19)/t13-,14+,15+,16+,17-,30?/m0/s1. The van der Waals surface area contributed by atoms with E-state index in [2.05, 4.69) is 5.32 Å². The van der Waals surface area contributed by atoms with Gasteiger partial charge in [-0.2, -0.15) is 0 Å². The second-order valence-electron chi connectivity index (χ2n) is 6.57. The van der Waals surface area contributed by atoms with Crippen molar-refractivity contribution in [3.8, 4) is 0 Å². The molecule has 1 fully saturated rings. The van der Waals surface area contributed by atoms with Crippen LogP contribution in [0.25, 0.3) is 0 Å². The summed E-state index contributed by atoms with van der Waals surface area (Å²) >= 11 is 0. The van der Waals surface area contributed by atoms with Crippen LogP contribution in [0.1, 0.15) is 34.6 Å². The minimum atomic E-state index is -4.13. The zero-order valence-electron chi connectivity index (χ0n) is 17.5. The van der Waals surface area contributed by atoms with Crippen molar-refractivity contribution < 1.29 is 52.0 Å². The molecule has 0 aromatic rings. The minimum absolute atomic E-state index is 0.555. The second-order valence-corrected chi connectivity index (χ2v) is 9.40. The van der Waals surface area contributed by atoms with Crippen LogP contribution >= 0.6 is 7.37 Å². The van der Waals surface area contributed by atoms with Crippen LogP contribution in [0.15, 0.2) is 0 Å². The molecule has 1 unspecified atom stereocenters. The maximum absolute atomic E-state index is 13.9. The third-order valence-corrected chi connectivity index (χ3v) is 7.26. The Hall–Kier alpha value is -2.46. The summed E-state index contributed by atoms with van der Waals surface area (Å²) in [4.78, 5) is 58.4. The van der Waals surface area contributed by atoms with Gasteiger partial charge in [0.1, 0.15) is 18.3 Å². The fraction of sp³-hybridized carbons (Fsp3) is 0.706. The lowest BCUT2D eigenvalue weighted by atomic mass is 10.0. The third-order valence-electron chi connectivity index (χ3n) is 4.18. The molecule has 1 aliphatic heterocycles. The van der Waals surface area contributed by atoms with Crippen LogP contribution in [-0.2, 0) is 52.0 Å². The second kappa shape index (κ2) is 10.5. The maximum Gasteiger partial charge on any atom is 0.303 e. The Morgan fingerprint density at radius 1 is 0.800 bits per heavy atom. The summed E-state index contributed by atoms with van der Waals surface area (Å²) in [5, 5.41) is 2.43. The Morgan fingerprint density at radius 2 is 1.30 bits per heavy atom. The summed E-state index contributed by atoms with van der Waals surface area (Å²) in [6.45, 7) is 4.87. The van der Waals surface area contributed by atoms with Crippen LogP contribution < -0.4 is 5.32 Å². The van der Waals surface area contributed by atoms with E-state index < -0.39 is 73.5 Å². The number of nitrogens with one attached hydrogen (secondary N) is 1. The van der Waals surface area contributed by atoms with E-state index in [0.717, 1.165) is 41.7 Å². The Labute approximate surface area is 173 Å². The highest BCUT2D eigenvalue weighted by atomic mass is 31.2. The van der Waals surface area contributed by atoms with E-state index in [4.69, 9.17) is 23.5 Å². The van der Waals surface area contributed by atoms with E-state index in [1.165, 1.54) is 0 Å². The van der Waals surface area contributed by atoms with Crippen molar-refractivity contribution in [2.24, 2.45) is 0 Å². The molecule has 12 nitrogen and oxygen atoms in total. The van der Waals surface area contributed by atoms with Gasteiger partial charge in [-0.15, -0.1) is 0 Å². The highest BCUT2D eigenvalue weighted by Gasteiger charge is 2.63. The van der Waals surface area contributed by atoms with Crippen molar-refractivity contribution in [3.05, 3.63) is 0 Å². The van der Waals surface area contributed by atoms with Crippen LogP contribution in [0.2, 0.25) is 0 Å². The molecule has 1 rings (SSSR count). The number of ether oxygens (including phenoxy) is 4. The number of rotatable bonds is 7. The molecule has 170 valence electrons. The quantitative estimate of drug-likeness (QED) is 0.318. The number of esters is 4. The summed E-state index contributed by atoms with van der Waals surface area (Å²) in [5.74, 6) is -5.45. The van der Waals surface area contributed by atoms with Crippen LogP contribution in [0, 0.1) is 0 Å².